The molecular weight excluding hydrogens is 268 g/mol. The molecular formula is C15H20N4O2. The fraction of sp³-hybridized carbons (Fsp3) is 0.400. The molecule has 1 aromatic rings. The number of amides is 2. The van der Waals surface area contributed by atoms with Gasteiger partial charge in [0.25, 0.3) is 0 Å². The third kappa shape index (κ3) is 3.21. The number of hydrogen-bond acceptors (Lipinski definition) is 3. The minimum atomic E-state index is -0.509. The number of ether oxygens (including phenoxy) is 1. The fourth-order valence-electron chi connectivity index (χ4n) is 2.23. The van der Waals surface area contributed by atoms with Crippen LogP contribution in [0.1, 0.15) is 19.4 Å². The molecule has 1 fully saturated rings. The Kier molecular flexibility index (Phi) is 4.26. The van der Waals surface area contributed by atoms with E-state index in [4.69, 9.17) is 4.74 Å². The molecule has 1 saturated heterocycles. The van der Waals surface area contributed by atoms with Gasteiger partial charge in [-0.1, -0.05) is 12.1 Å². The van der Waals surface area contributed by atoms with E-state index < -0.39 is 5.54 Å². The van der Waals surface area contributed by atoms with E-state index in [0.29, 0.717) is 12.4 Å². The van der Waals surface area contributed by atoms with Crippen LogP contribution in [0, 0.1) is 0 Å². The summed E-state index contributed by atoms with van der Waals surface area (Å²) in [6.45, 7) is 4.29. The van der Waals surface area contributed by atoms with Gasteiger partial charge >= 0.3 is 6.03 Å². The Hall–Kier alpha value is -2.37. The first kappa shape index (κ1) is 15.0. The molecule has 6 nitrogen and oxygen atoms in total. The zero-order chi connectivity index (χ0) is 15.5. The summed E-state index contributed by atoms with van der Waals surface area (Å²) in [6, 6.07) is 7.46. The van der Waals surface area contributed by atoms with Gasteiger partial charge in [-0.15, -0.1) is 0 Å². The van der Waals surface area contributed by atoms with Crippen LogP contribution >= 0.6 is 0 Å². The predicted octanol–water partition coefficient (Wildman–Crippen LogP) is 2.06. The van der Waals surface area contributed by atoms with Crippen LogP contribution in [0.3, 0.4) is 0 Å². The van der Waals surface area contributed by atoms with E-state index >= 15 is 0 Å². The zero-order valence-electron chi connectivity index (χ0n) is 12.8. The average Bonchev–Trinajstić information content (AvgIpc) is 2.67. The first-order valence-electron chi connectivity index (χ1n) is 6.69. The van der Waals surface area contributed by atoms with Crippen molar-refractivity contribution in [2.45, 2.75) is 25.9 Å². The molecule has 0 unspecified atom stereocenters. The molecule has 1 heterocycles. The highest BCUT2D eigenvalue weighted by Gasteiger charge is 2.41. The molecule has 0 aliphatic carbocycles. The quantitative estimate of drug-likeness (QED) is 0.680. The van der Waals surface area contributed by atoms with Crippen LogP contribution in [0.25, 0.3) is 0 Å². The zero-order valence-corrected chi connectivity index (χ0v) is 12.8. The number of carbonyl (C=O) groups excluding carboxylic acids is 1. The summed E-state index contributed by atoms with van der Waals surface area (Å²) >= 11 is 0. The van der Waals surface area contributed by atoms with Crippen LogP contribution < -0.4 is 10.1 Å². The van der Waals surface area contributed by atoms with Crippen molar-refractivity contribution in [2.24, 2.45) is 9.98 Å². The van der Waals surface area contributed by atoms with Crippen LogP contribution in [-0.4, -0.2) is 42.8 Å². The summed E-state index contributed by atoms with van der Waals surface area (Å²) in [5.74, 6) is 1.45. The lowest BCUT2D eigenvalue weighted by atomic mass is 10.1. The van der Waals surface area contributed by atoms with Gasteiger partial charge in [0.05, 0.1) is 19.2 Å². The van der Waals surface area contributed by atoms with E-state index in [2.05, 4.69) is 15.3 Å². The Balaban J connectivity index is 2.25. The van der Waals surface area contributed by atoms with Crippen molar-refractivity contribution in [3.63, 3.8) is 0 Å². The molecule has 1 aliphatic heterocycles. The van der Waals surface area contributed by atoms with E-state index in [9.17, 15) is 4.79 Å². The number of rotatable bonds is 4. The number of hydrogen-bond donors (Lipinski definition) is 1. The van der Waals surface area contributed by atoms with Crippen molar-refractivity contribution in [2.75, 3.05) is 14.2 Å². The Morgan fingerprint density at radius 3 is 2.57 bits per heavy atom. The highest BCUT2D eigenvalue weighted by molar-refractivity contribution is 6.11. The van der Waals surface area contributed by atoms with Crippen LogP contribution in [0.2, 0.25) is 0 Å². The molecule has 1 aliphatic rings. The van der Waals surface area contributed by atoms with Crippen LogP contribution in [0.15, 0.2) is 34.3 Å². The van der Waals surface area contributed by atoms with Gasteiger partial charge in [-0.3, -0.25) is 9.89 Å². The van der Waals surface area contributed by atoms with Crippen molar-refractivity contribution in [3.05, 3.63) is 29.8 Å². The molecule has 0 atom stereocenters. The van der Waals surface area contributed by atoms with Gasteiger partial charge in [0.2, 0.25) is 0 Å². The highest BCUT2D eigenvalue weighted by Crippen LogP contribution is 2.21. The molecule has 112 valence electrons. The van der Waals surface area contributed by atoms with Gasteiger partial charge in [-0.25, -0.2) is 9.79 Å². The van der Waals surface area contributed by atoms with Crippen molar-refractivity contribution < 1.29 is 9.53 Å². The fourth-order valence-corrected chi connectivity index (χ4v) is 2.23. The lowest BCUT2D eigenvalue weighted by Crippen LogP contribution is -2.40. The molecule has 0 saturated carbocycles. The van der Waals surface area contributed by atoms with E-state index in [-0.39, 0.29) is 6.03 Å². The second-order valence-corrected chi connectivity index (χ2v) is 5.32. The summed E-state index contributed by atoms with van der Waals surface area (Å²) in [5, 5.41) is 2.91. The molecule has 0 radical (unpaired) electrons. The maximum atomic E-state index is 12.2. The number of methoxy groups -OCH3 is 1. The van der Waals surface area contributed by atoms with Gasteiger partial charge < -0.3 is 10.1 Å². The Morgan fingerprint density at radius 1 is 1.33 bits per heavy atom. The summed E-state index contributed by atoms with van der Waals surface area (Å²) in [4.78, 5) is 21.9. The molecule has 0 aromatic heterocycles. The third-order valence-electron chi connectivity index (χ3n) is 3.27. The number of amidine groups is 1. The molecule has 1 N–H and O–H groups in total. The van der Waals surface area contributed by atoms with E-state index in [1.165, 1.54) is 6.34 Å². The standard InChI is InChI=1S/C15H20N4O2/c1-15(2)13(17-10-16-3)19(14(20)18-15)9-11-5-7-12(21-4)8-6-11/h5-8,10H,9H2,1-4H3,(H,18,20). The van der Waals surface area contributed by atoms with Crippen molar-refractivity contribution in [1.29, 1.82) is 0 Å². The summed E-state index contributed by atoms with van der Waals surface area (Å²) in [6.07, 6.45) is 1.46. The number of urea groups is 1. The first-order chi connectivity index (χ1) is 9.97. The first-order valence-corrected chi connectivity index (χ1v) is 6.69. The van der Waals surface area contributed by atoms with Crippen LogP contribution in [0.5, 0.6) is 5.75 Å². The molecule has 6 heteroatoms. The van der Waals surface area contributed by atoms with Gasteiger partial charge in [-0.2, -0.15) is 0 Å². The largest absolute Gasteiger partial charge is 0.497 e. The number of nitrogens with one attached hydrogen (secondary N) is 1. The Labute approximate surface area is 124 Å². The number of benzene rings is 1. The minimum Gasteiger partial charge on any atom is -0.497 e. The molecule has 0 bridgehead atoms. The second-order valence-electron chi connectivity index (χ2n) is 5.32. The van der Waals surface area contributed by atoms with Crippen molar-refractivity contribution in [3.8, 4) is 5.75 Å². The molecule has 2 amide bonds. The van der Waals surface area contributed by atoms with Gasteiger partial charge in [0.1, 0.15) is 17.9 Å². The van der Waals surface area contributed by atoms with E-state index in [1.807, 2.05) is 38.1 Å². The number of carbonyl (C=O) groups is 1. The third-order valence-corrected chi connectivity index (χ3v) is 3.27. The Bertz CT molecular complexity index is 576. The van der Waals surface area contributed by atoms with Gasteiger partial charge in [-0.05, 0) is 31.5 Å². The van der Waals surface area contributed by atoms with Crippen LogP contribution in [-0.2, 0) is 6.54 Å². The highest BCUT2D eigenvalue weighted by atomic mass is 16.5. The SMILES string of the molecule is CN=CN=C1N(Cc2ccc(OC)cc2)C(=O)NC1(C)C. The number of aliphatic imine (C=N–C) groups is 2. The smallest absolute Gasteiger partial charge is 0.323 e. The van der Waals surface area contributed by atoms with Gasteiger partial charge in [0, 0.05) is 7.05 Å². The summed E-state index contributed by atoms with van der Waals surface area (Å²) < 4.78 is 5.13. The summed E-state index contributed by atoms with van der Waals surface area (Å²) in [7, 11) is 3.27. The Morgan fingerprint density at radius 2 is 2.00 bits per heavy atom. The molecule has 21 heavy (non-hydrogen) atoms. The monoisotopic (exact) mass is 288 g/mol. The second kappa shape index (κ2) is 5.95. The van der Waals surface area contributed by atoms with Crippen molar-refractivity contribution >= 4 is 18.2 Å². The predicted molar refractivity (Wildman–Crippen MR) is 83.0 cm³/mol. The molecule has 0 spiro atoms. The van der Waals surface area contributed by atoms with Gasteiger partial charge in [0.15, 0.2) is 0 Å². The lowest BCUT2D eigenvalue weighted by Gasteiger charge is -2.20. The molecule has 1 aromatic carbocycles. The summed E-state index contributed by atoms with van der Waals surface area (Å²) in [5.41, 5.74) is 0.495. The topological polar surface area (TPSA) is 66.3 Å². The normalized spacial score (nSPS) is 19.3. The van der Waals surface area contributed by atoms with Crippen molar-refractivity contribution in [1.82, 2.24) is 10.2 Å². The van der Waals surface area contributed by atoms with E-state index in [1.54, 1.807) is 19.1 Å². The lowest BCUT2D eigenvalue weighted by molar-refractivity contribution is 0.225. The van der Waals surface area contributed by atoms with E-state index in [0.717, 1.165) is 11.3 Å². The average molecular weight is 288 g/mol. The maximum absolute atomic E-state index is 12.2. The number of nitrogens with zero attached hydrogens (tertiary/aromatic N) is 3. The minimum absolute atomic E-state index is 0.154. The molecule has 2 rings (SSSR count). The van der Waals surface area contributed by atoms with Crippen LogP contribution in [0.4, 0.5) is 4.79 Å². The maximum Gasteiger partial charge on any atom is 0.323 e.